The molecule has 0 N–H and O–H groups in total. The summed E-state index contributed by atoms with van der Waals surface area (Å²) in [5.41, 5.74) is 3.30. The van der Waals surface area contributed by atoms with Gasteiger partial charge in [-0.2, -0.15) is 0 Å². The number of piperazine rings is 1. The zero-order chi connectivity index (χ0) is 22.3. The molecule has 1 amide bonds. The standard InChI is InChI=1S/C26H29N3O3/c1-20(30)29-15-14-28(18-25(29)22-9-11-24(31-2)12-10-22)17-23-7-3-4-8-26(23)32-19-21-6-5-13-27-16-21/h3-13,16,25H,14-15,17-19H2,1-2H3/t25-/m0/s1. The van der Waals surface area contributed by atoms with Crippen LogP contribution in [0.5, 0.6) is 11.5 Å². The lowest BCUT2D eigenvalue weighted by Crippen LogP contribution is -2.49. The van der Waals surface area contributed by atoms with Gasteiger partial charge in [0, 0.05) is 56.6 Å². The normalized spacial score (nSPS) is 16.6. The molecule has 6 nitrogen and oxygen atoms in total. The first kappa shape index (κ1) is 21.8. The first-order chi connectivity index (χ1) is 15.6. The highest BCUT2D eigenvalue weighted by Crippen LogP contribution is 2.29. The summed E-state index contributed by atoms with van der Waals surface area (Å²) in [4.78, 5) is 20.8. The fourth-order valence-corrected chi connectivity index (χ4v) is 4.13. The number of ether oxygens (including phenoxy) is 2. The predicted octanol–water partition coefficient (Wildman–Crippen LogP) is 4.07. The summed E-state index contributed by atoms with van der Waals surface area (Å²) in [6, 6.07) is 20.1. The molecule has 32 heavy (non-hydrogen) atoms. The van der Waals surface area contributed by atoms with Crippen LogP contribution in [0, 0.1) is 0 Å². The number of rotatable bonds is 7. The summed E-state index contributed by atoms with van der Waals surface area (Å²) < 4.78 is 11.4. The topological polar surface area (TPSA) is 54.9 Å². The van der Waals surface area contributed by atoms with Crippen molar-refractivity contribution in [1.29, 1.82) is 0 Å². The van der Waals surface area contributed by atoms with Crippen LogP contribution in [0.25, 0.3) is 0 Å². The van der Waals surface area contributed by atoms with Gasteiger partial charge in [-0.15, -0.1) is 0 Å². The van der Waals surface area contributed by atoms with E-state index in [1.807, 2.05) is 65.7 Å². The minimum atomic E-state index is 0.00984. The van der Waals surface area contributed by atoms with E-state index in [1.165, 1.54) is 0 Å². The highest BCUT2D eigenvalue weighted by molar-refractivity contribution is 5.74. The molecule has 166 valence electrons. The van der Waals surface area contributed by atoms with E-state index in [-0.39, 0.29) is 11.9 Å². The van der Waals surface area contributed by atoms with Crippen LogP contribution in [0.1, 0.15) is 29.7 Å². The minimum Gasteiger partial charge on any atom is -0.497 e. The summed E-state index contributed by atoms with van der Waals surface area (Å²) in [5.74, 6) is 1.80. The van der Waals surface area contributed by atoms with Crippen LogP contribution in [-0.4, -0.2) is 47.4 Å². The molecule has 3 aromatic rings. The molecule has 0 aliphatic carbocycles. The first-order valence-electron chi connectivity index (χ1n) is 10.9. The summed E-state index contributed by atoms with van der Waals surface area (Å²) in [5, 5.41) is 0. The molecule has 1 atom stereocenters. The molecule has 6 heteroatoms. The first-order valence-corrected chi connectivity index (χ1v) is 10.9. The Morgan fingerprint density at radius 2 is 1.88 bits per heavy atom. The third kappa shape index (κ3) is 5.26. The van der Waals surface area contributed by atoms with E-state index >= 15 is 0 Å². The number of amides is 1. The molecule has 1 aromatic heterocycles. The van der Waals surface area contributed by atoms with Crippen LogP contribution in [0.4, 0.5) is 0 Å². The van der Waals surface area contributed by atoms with E-state index in [0.717, 1.165) is 47.8 Å². The van der Waals surface area contributed by atoms with Gasteiger partial charge in [0.1, 0.15) is 18.1 Å². The molecule has 4 rings (SSSR count). The molecule has 0 unspecified atom stereocenters. The Kier molecular flexibility index (Phi) is 7.02. The summed E-state index contributed by atoms with van der Waals surface area (Å²) in [7, 11) is 1.66. The molecule has 1 saturated heterocycles. The van der Waals surface area contributed by atoms with E-state index in [4.69, 9.17) is 9.47 Å². The lowest BCUT2D eigenvalue weighted by Gasteiger charge is -2.41. The molecule has 2 heterocycles. The molecule has 0 spiro atoms. The number of carbonyl (C=O) groups excluding carboxylic acids is 1. The van der Waals surface area contributed by atoms with Crippen LogP contribution in [-0.2, 0) is 17.9 Å². The van der Waals surface area contributed by atoms with Crippen molar-refractivity contribution in [3.05, 3.63) is 89.7 Å². The van der Waals surface area contributed by atoms with Crippen molar-refractivity contribution in [3.8, 4) is 11.5 Å². The van der Waals surface area contributed by atoms with Gasteiger partial charge in [0.05, 0.1) is 13.2 Å². The Balaban J connectivity index is 1.48. The second-order valence-corrected chi connectivity index (χ2v) is 7.99. The van der Waals surface area contributed by atoms with Gasteiger partial charge in [0.15, 0.2) is 0 Å². The Morgan fingerprint density at radius 1 is 1.06 bits per heavy atom. The lowest BCUT2D eigenvalue weighted by molar-refractivity contribution is -0.134. The van der Waals surface area contributed by atoms with Gasteiger partial charge in [0.25, 0.3) is 0 Å². The highest BCUT2D eigenvalue weighted by atomic mass is 16.5. The maximum absolute atomic E-state index is 12.3. The van der Waals surface area contributed by atoms with Gasteiger partial charge < -0.3 is 14.4 Å². The molecular formula is C26H29N3O3. The Morgan fingerprint density at radius 3 is 2.59 bits per heavy atom. The number of hydrogen-bond donors (Lipinski definition) is 0. The molecule has 1 aliphatic heterocycles. The fraction of sp³-hybridized carbons (Fsp3) is 0.308. The van der Waals surface area contributed by atoms with Crippen LogP contribution in [0.2, 0.25) is 0 Å². The molecule has 0 bridgehead atoms. The van der Waals surface area contributed by atoms with E-state index in [9.17, 15) is 4.79 Å². The predicted molar refractivity (Wildman–Crippen MR) is 123 cm³/mol. The molecule has 1 fully saturated rings. The molecular weight excluding hydrogens is 402 g/mol. The van der Waals surface area contributed by atoms with Crippen molar-refractivity contribution in [3.63, 3.8) is 0 Å². The largest absolute Gasteiger partial charge is 0.497 e. The highest BCUT2D eigenvalue weighted by Gasteiger charge is 2.30. The lowest BCUT2D eigenvalue weighted by atomic mass is 10.0. The second-order valence-electron chi connectivity index (χ2n) is 7.99. The smallest absolute Gasteiger partial charge is 0.220 e. The van der Waals surface area contributed by atoms with Crippen molar-refractivity contribution in [1.82, 2.24) is 14.8 Å². The van der Waals surface area contributed by atoms with Gasteiger partial charge in [0.2, 0.25) is 5.91 Å². The third-order valence-electron chi connectivity index (χ3n) is 5.85. The van der Waals surface area contributed by atoms with Crippen molar-refractivity contribution in [2.24, 2.45) is 0 Å². The van der Waals surface area contributed by atoms with Gasteiger partial charge in [-0.3, -0.25) is 14.7 Å². The number of para-hydroxylation sites is 1. The zero-order valence-electron chi connectivity index (χ0n) is 18.6. The summed E-state index contributed by atoms with van der Waals surface area (Å²) in [6.07, 6.45) is 3.58. The van der Waals surface area contributed by atoms with Crippen molar-refractivity contribution < 1.29 is 14.3 Å². The van der Waals surface area contributed by atoms with Gasteiger partial charge in [-0.05, 0) is 29.8 Å². The van der Waals surface area contributed by atoms with E-state index in [0.29, 0.717) is 13.2 Å². The van der Waals surface area contributed by atoms with E-state index < -0.39 is 0 Å². The number of carbonyl (C=O) groups is 1. The SMILES string of the molecule is COc1ccc([C@@H]2CN(Cc3ccccc3OCc3cccnc3)CCN2C(C)=O)cc1. The van der Waals surface area contributed by atoms with E-state index in [2.05, 4.69) is 16.0 Å². The third-order valence-corrected chi connectivity index (χ3v) is 5.85. The monoisotopic (exact) mass is 431 g/mol. The van der Waals surface area contributed by atoms with E-state index in [1.54, 1.807) is 20.2 Å². The van der Waals surface area contributed by atoms with Gasteiger partial charge in [-0.25, -0.2) is 0 Å². The average Bonchev–Trinajstić information content (AvgIpc) is 2.84. The zero-order valence-corrected chi connectivity index (χ0v) is 18.6. The van der Waals surface area contributed by atoms with Crippen molar-refractivity contribution in [2.45, 2.75) is 26.1 Å². The second kappa shape index (κ2) is 10.3. The number of pyridine rings is 1. The molecule has 2 aromatic carbocycles. The summed E-state index contributed by atoms with van der Waals surface area (Å²) >= 11 is 0. The quantitative estimate of drug-likeness (QED) is 0.564. The Bertz CT molecular complexity index is 1020. The van der Waals surface area contributed by atoms with Crippen LogP contribution >= 0.6 is 0 Å². The van der Waals surface area contributed by atoms with Crippen molar-refractivity contribution in [2.75, 3.05) is 26.7 Å². The van der Waals surface area contributed by atoms with Crippen LogP contribution in [0.15, 0.2) is 73.1 Å². The number of nitrogens with zero attached hydrogens (tertiary/aromatic N) is 3. The maximum atomic E-state index is 12.3. The maximum Gasteiger partial charge on any atom is 0.220 e. The van der Waals surface area contributed by atoms with Gasteiger partial charge >= 0.3 is 0 Å². The summed E-state index contributed by atoms with van der Waals surface area (Å²) in [6.45, 7) is 5.18. The van der Waals surface area contributed by atoms with Crippen LogP contribution < -0.4 is 9.47 Å². The number of hydrogen-bond acceptors (Lipinski definition) is 5. The van der Waals surface area contributed by atoms with Crippen LogP contribution in [0.3, 0.4) is 0 Å². The Hall–Kier alpha value is -3.38. The fourth-order valence-electron chi connectivity index (χ4n) is 4.13. The molecule has 0 radical (unpaired) electrons. The number of methoxy groups -OCH3 is 1. The van der Waals surface area contributed by atoms with Gasteiger partial charge in [-0.1, -0.05) is 36.4 Å². The Labute approximate surface area is 189 Å². The molecule has 0 saturated carbocycles. The minimum absolute atomic E-state index is 0.00984. The molecule has 1 aliphatic rings. The number of benzene rings is 2. The average molecular weight is 432 g/mol. The van der Waals surface area contributed by atoms with Crippen molar-refractivity contribution >= 4 is 5.91 Å². The number of aromatic nitrogens is 1.